The second-order valence-corrected chi connectivity index (χ2v) is 3.64. The SMILES string of the molecule is COc1ccc(N(C)CC(N)CO)cc1F. The number of likely N-dealkylation sites (N-methyl/N-ethyl adjacent to an activating group) is 1. The molecular weight excluding hydrogens is 211 g/mol. The fourth-order valence-electron chi connectivity index (χ4n) is 1.41. The lowest BCUT2D eigenvalue weighted by Gasteiger charge is -2.22. The van der Waals surface area contributed by atoms with Gasteiger partial charge in [0.15, 0.2) is 11.6 Å². The van der Waals surface area contributed by atoms with Crippen molar-refractivity contribution in [3.63, 3.8) is 0 Å². The van der Waals surface area contributed by atoms with Crippen LogP contribution in [0.25, 0.3) is 0 Å². The summed E-state index contributed by atoms with van der Waals surface area (Å²) in [5.74, 6) is -0.201. The van der Waals surface area contributed by atoms with Crippen LogP contribution < -0.4 is 15.4 Å². The van der Waals surface area contributed by atoms with Crippen molar-refractivity contribution >= 4 is 5.69 Å². The van der Waals surface area contributed by atoms with Crippen LogP contribution in [-0.2, 0) is 0 Å². The highest BCUT2D eigenvalue weighted by Gasteiger charge is 2.09. The lowest BCUT2D eigenvalue weighted by molar-refractivity contribution is 0.267. The molecule has 0 aromatic heterocycles. The predicted octanol–water partition coefficient (Wildman–Crippen LogP) is 0.590. The van der Waals surface area contributed by atoms with Crippen molar-refractivity contribution in [2.45, 2.75) is 6.04 Å². The predicted molar refractivity (Wildman–Crippen MR) is 61.3 cm³/mol. The topological polar surface area (TPSA) is 58.7 Å². The quantitative estimate of drug-likeness (QED) is 0.774. The molecule has 3 N–H and O–H groups in total. The summed E-state index contributed by atoms with van der Waals surface area (Å²) in [6.45, 7) is 0.366. The Labute approximate surface area is 94.4 Å². The highest BCUT2D eigenvalue weighted by molar-refractivity contribution is 5.49. The van der Waals surface area contributed by atoms with Crippen molar-refractivity contribution in [2.75, 3.05) is 32.2 Å². The normalized spacial score (nSPS) is 12.3. The van der Waals surface area contributed by atoms with E-state index in [0.717, 1.165) is 0 Å². The second-order valence-electron chi connectivity index (χ2n) is 3.64. The highest BCUT2D eigenvalue weighted by atomic mass is 19.1. The van der Waals surface area contributed by atoms with Gasteiger partial charge in [0, 0.05) is 31.4 Å². The molecule has 1 rings (SSSR count). The van der Waals surface area contributed by atoms with Gasteiger partial charge >= 0.3 is 0 Å². The first kappa shape index (κ1) is 12.7. The molecule has 0 saturated heterocycles. The van der Waals surface area contributed by atoms with E-state index < -0.39 is 5.82 Å². The second kappa shape index (κ2) is 5.67. The van der Waals surface area contributed by atoms with Gasteiger partial charge < -0.3 is 20.5 Å². The molecule has 1 atom stereocenters. The Morgan fingerprint density at radius 1 is 1.56 bits per heavy atom. The molecule has 1 aromatic carbocycles. The molecular formula is C11H17FN2O2. The fourth-order valence-corrected chi connectivity index (χ4v) is 1.41. The van der Waals surface area contributed by atoms with Crippen LogP contribution >= 0.6 is 0 Å². The van der Waals surface area contributed by atoms with Crippen LogP contribution in [0.2, 0.25) is 0 Å². The Hall–Kier alpha value is -1.33. The Morgan fingerprint density at radius 3 is 2.75 bits per heavy atom. The van der Waals surface area contributed by atoms with Gasteiger partial charge in [0.1, 0.15) is 0 Å². The maximum atomic E-state index is 13.4. The van der Waals surface area contributed by atoms with E-state index in [2.05, 4.69) is 0 Å². The molecule has 0 heterocycles. The monoisotopic (exact) mass is 228 g/mol. The summed E-state index contributed by atoms with van der Waals surface area (Å²) in [7, 11) is 3.21. The molecule has 0 radical (unpaired) electrons. The van der Waals surface area contributed by atoms with Crippen LogP contribution in [0.4, 0.5) is 10.1 Å². The maximum Gasteiger partial charge on any atom is 0.167 e. The summed E-state index contributed by atoms with van der Waals surface area (Å²) in [5.41, 5.74) is 6.29. The molecule has 5 heteroatoms. The molecule has 0 aliphatic carbocycles. The summed E-state index contributed by atoms with van der Waals surface area (Å²) in [6.07, 6.45) is 0. The van der Waals surface area contributed by atoms with Gasteiger partial charge in [-0.25, -0.2) is 4.39 Å². The van der Waals surface area contributed by atoms with E-state index in [0.29, 0.717) is 12.2 Å². The molecule has 0 fully saturated rings. The number of anilines is 1. The number of nitrogens with two attached hydrogens (primary N) is 1. The van der Waals surface area contributed by atoms with Crippen LogP contribution in [0, 0.1) is 5.82 Å². The number of rotatable bonds is 5. The molecule has 0 spiro atoms. The van der Waals surface area contributed by atoms with Crippen molar-refractivity contribution in [2.24, 2.45) is 5.73 Å². The van der Waals surface area contributed by atoms with Crippen LogP contribution in [0.15, 0.2) is 18.2 Å². The van der Waals surface area contributed by atoms with Crippen LogP contribution in [0.5, 0.6) is 5.75 Å². The molecule has 4 nitrogen and oxygen atoms in total. The molecule has 0 saturated carbocycles. The number of ether oxygens (including phenoxy) is 1. The van der Waals surface area contributed by atoms with Crippen molar-refractivity contribution < 1.29 is 14.2 Å². The smallest absolute Gasteiger partial charge is 0.167 e. The Balaban J connectivity index is 2.76. The van der Waals surface area contributed by atoms with Gasteiger partial charge in [0.05, 0.1) is 13.7 Å². The van der Waals surface area contributed by atoms with Gasteiger partial charge in [-0.15, -0.1) is 0 Å². The Morgan fingerprint density at radius 2 is 2.25 bits per heavy atom. The first-order valence-corrected chi connectivity index (χ1v) is 4.99. The molecule has 90 valence electrons. The number of halogens is 1. The first-order chi connectivity index (χ1) is 7.58. The summed E-state index contributed by atoms with van der Waals surface area (Å²) in [6, 6.07) is 4.34. The number of nitrogens with zero attached hydrogens (tertiary/aromatic N) is 1. The van der Waals surface area contributed by atoms with Gasteiger partial charge in [0.2, 0.25) is 0 Å². The maximum absolute atomic E-state index is 13.4. The minimum Gasteiger partial charge on any atom is -0.494 e. The number of hydrogen-bond acceptors (Lipinski definition) is 4. The van der Waals surface area contributed by atoms with Crippen molar-refractivity contribution in [3.05, 3.63) is 24.0 Å². The van der Waals surface area contributed by atoms with Crippen molar-refractivity contribution in [1.82, 2.24) is 0 Å². The average Bonchev–Trinajstić information content (AvgIpc) is 2.28. The Bertz CT molecular complexity index is 347. The van der Waals surface area contributed by atoms with Gasteiger partial charge in [-0.1, -0.05) is 0 Å². The molecule has 0 amide bonds. The third-order valence-electron chi connectivity index (χ3n) is 2.32. The molecule has 0 aliphatic rings. The van der Waals surface area contributed by atoms with Gasteiger partial charge in [0.25, 0.3) is 0 Å². The molecule has 1 unspecified atom stereocenters. The summed E-state index contributed by atoms with van der Waals surface area (Å²) in [4.78, 5) is 1.78. The molecule has 1 aromatic rings. The standard InChI is InChI=1S/C11H17FN2O2/c1-14(6-8(13)7-15)9-3-4-11(16-2)10(12)5-9/h3-5,8,15H,6-7,13H2,1-2H3. The number of methoxy groups -OCH3 is 1. The number of aliphatic hydroxyl groups is 1. The van der Waals surface area contributed by atoms with Crippen LogP contribution in [-0.4, -0.2) is 38.5 Å². The van der Waals surface area contributed by atoms with Gasteiger partial charge in [-0.3, -0.25) is 0 Å². The van der Waals surface area contributed by atoms with E-state index in [4.69, 9.17) is 15.6 Å². The lowest BCUT2D eigenvalue weighted by atomic mass is 10.2. The van der Waals surface area contributed by atoms with Crippen molar-refractivity contribution in [3.8, 4) is 5.75 Å². The zero-order valence-corrected chi connectivity index (χ0v) is 9.48. The minimum absolute atomic E-state index is 0.0943. The van der Waals surface area contributed by atoms with Crippen LogP contribution in [0.3, 0.4) is 0 Å². The zero-order chi connectivity index (χ0) is 12.1. The van der Waals surface area contributed by atoms with Crippen molar-refractivity contribution in [1.29, 1.82) is 0 Å². The summed E-state index contributed by atoms with van der Waals surface area (Å²) < 4.78 is 18.2. The minimum atomic E-state index is -0.413. The van der Waals surface area contributed by atoms with Crippen LogP contribution in [0.1, 0.15) is 0 Å². The number of hydrogen-bond donors (Lipinski definition) is 2. The third kappa shape index (κ3) is 3.08. The van der Waals surface area contributed by atoms with E-state index in [1.807, 2.05) is 0 Å². The Kier molecular flexibility index (Phi) is 4.52. The first-order valence-electron chi connectivity index (χ1n) is 4.99. The summed E-state index contributed by atoms with van der Waals surface area (Å²) in [5, 5.41) is 8.82. The molecule has 16 heavy (non-hydrogen) atoms. The van der Waals surface area contributed by atoms with E-state index >= 15 is 0 Å². The van der Waals surface area contributed by atoms with Gasteiger partial charge in [-0.05, 0) is 12.1 Å². The van der Waals surface area contributed by atoms with E-state index in [1.54, 1.807) is 24.1 Å². The van der Waals surface area contributed by atoms with E-state index in [-0.39, 0.29) is 18.4 Å². The molecule has 0 aliphatic heterocycles. The number of benzene rings is 1. The molecule has 0 bridgehead atoms. The van der Waals surface area contributed by atoms with Gasteiger partial charge in [-0.2, -0.15) is 0 Å². The average molecular weight is 228 g/mol. The zero-order valence-electron chi connectivity index (χ0n) is 9.48. The highest BCUT2D eigenvalue weighted by Crippen LogP contribution is 2.22. The largest absolute Gasteiger partial charge is 0.494 e. The number of aliphatic hydroxyl groups excluding tert-OH is 1. The fraction of sp³-hybridized carbons (Fsp3) is 0.455. The van der Waals surface area contributed by atoms with E-state index in [1.165, 1.54) is 13.2 Å². The van der Waals surface area contributed by atoms with E-state index in [9.17, 15) is 4.39 Å². The third-order valence-corrected chi connectivity index (χ3v) is 2.32. The lowest BCUT2D eigenvalue weighted by Crippen LogP contribution is -2.37. The summed E-state index contributed by atoms with van der Waals surface area (Å²) >= 11 is 0.